The molecule has 0 amide bonds. The number of furan rings is 1. The normalized spacial score (nSPS) is 11.6. The fourth-order valence-electron chi connectivity index (χ4n) is 2.28. The van der Waals surface area contributed by atoms with E-state index in [0.29, 0.717) is 22.0 Å². The number of halogens is 1. The Morgan fingerprint density at radius 2 is 2.04 bits per heavy atom. The summed E-state index contributed by atoms with van der Waals surface area (Å²) in [4.78, 5) is 28.4. The maximum atomic E-state index is 13.0. The number of Topliss-reactive ketones (excluding diaryl/α,β-unsaturated/α-hetero) is 1. The SMILES string of the molecule is Cc1csc([C@@H](C#N)C(=O)COC(=O)c2ccc(-c3ccc(F)cc3)o2)n1. The van der Waals surface area contributed by atoms with E-state index in [1.807, 2.05) is 6.07 Å². The molecule has 0 radical (unpaired) electrons. The van der Waals surface area contributed by atoms with Crippen LogP contribution in [0.5, 0.6) is 0 Å². The number of hydrogen-bond acceptors (Lipinski definition) is 7. The van der Waals surface area contributed by atoms with Gasteiger partial charge in [-0.15, -0.1) is 11.3 Å². The van der Waals surface area contributed by atoms with E-state index in [-0.39, 0.29) is 11.6 Å². The topological polar surface area (TPSA) is 93.2 Å². The van der Waals surface area contributed by atoms with E-state index in [0.717, 1.165) is 0 Å². The molecule has 0 aliphatic heterocycles. The fraction of sp³-hybridized carbons (Fsp3) is 0.158. The van der Waals surface area contributed by atoms with Crippen LogP contribution in [0.15, 0.2) is 46.2 Å². The third kappa shape index (κ3) is 4.27. The number of esters is 1. The van der Waals surface area contributed by atoms with E-state index in [9.17, 15) is 19.2 Å². The standard InChI is InChI=1S/C19H13FN2O4S/c1-11-10-27-18(22-11)14(8-21)15(23)9-25-19(24)17-7-6-16(26-17)12-2-4-13(20)5-3-12/h2-7,10,14H,9H2,1H3/t14-/m0/s1. The lowest BCUT2D eigenvalue weighted by Crippen LogP contribution is -2.19. The second-order valence-electron chi connectivity index (χ2n) is 5.60. The number of aryl methyl sites for hydroxylation is 1. The molecule has 6 nitrogen and oxygen atoms in total. The summed E-state index contributed by atoms with van der Waals surface area (Å²) >= 11 is 1.20. The van der Waals surface area contributed by atoms with Crippen LogP contribution in [0.25, 0.3) is 11.3 Å². The predicted molar refractivity (Wildman–Crippen MR) is 94.6 cm³/mol. The molecule has 27 heavy (non-hydrogen) atoms. The van der Waals surface area contributed by atoms with Crippen molar-refractivity contribution in [2.24, 2.45) is 0 Å². The number of nitrogens with zero attached hydrogens (tertiary/aromatic N) is 2. The van der Waals surface area contributed by atoms with Crippen molar-refractivity contribution in [2.75, 3.05) is 6.61 Å². The number of nitriles is 1. The van der Waals surface area contributed by atoms with Crippen LogP contribution in [0.2, 0.25) is 0 Å². The van der Waals surface area contributed by atoms with E-state index >= 15 is 0 Å². The first-order chi connectivity index (χ1) is 13.0. The molecule has 3 aromatic rings. The van der Waals surface area contributed by atoms with Crippen LogP contribution in [0.4, 0.5) is 4.39 Å². The van der Waals surface area contributed by atoms with Crippen molar-refractivity contribution in [1.82, 2.24) is 4.98 Å². The number of thiazole rings is 1. The van der Waals surface area contributed by atoms with Gasteiger partial charge in [-0.05, 0) is 43.3 Å². The summed E-state index contributed by atoms with van der Waals surface area (Å²) < 4.78 is 23.3. The van der Waals surface area contributed by atoms with Crippen molar-refractivity contribution in [3.05, 3.63) is 64.1 Å². The summed E-state index contributed by atoms with van der Waals surface area (Å²) in [5, 5.41) is 11.3. The van der Waals surface area contributed by atoms with Crippen molar-refractivity contribution in [3.63, 3.8) is 0 Å². The third-order valence-corrected chi connectivity index (χ3v) is 4.64. The van der Waals surface area contributed by atoms with Crippen LogP contribution >= 0.6 is 11.3 Å². The lowest BCUT2D eigenvalue weighted by Gasteiger charge is -2.05. The molecule has 136 valence electrons. The van der Waals surface area contributed by atoms with Crippen LogP contribution in [0.3, 0.4) is 0 Å². The summed E-state index contributed by atoms with van der Waals surface area (Å²) in [6, 6.07) is 10.4. The van der Waals surface area contributed by atoms with E-state index < -0.39 is 24.3 Å². The predicted octanol–water partition coefficient (Wildman–Crippen LogP) is 3.88. The number of carbonyl (C=O) groups excluding carboxylic acids is 2. The monoisotopic (exact) mass is 384 g/mol. The molecular weight excluding hydrogens is 371 g/mol. The van der Waals surface area contributed by atoms with Gasteiger partial charge in [-0.2, -0.15) is 5.26 Å². The average Bonchev–Trinajstić information content (AvgIpc) is 3.31. The Hall–Kier alpha value is -3.31. The van der Waals surface area contributed by atoms with Crippen LogP contribution in [0.1, 0.15) is 27.2 Å². The zero-order chi connectivity index (χ0) is 19.4. The molecule has 0 bridgehead atoms. The number of carbonyl (C=O) groups is 2. The van der Waals surface area contributed by atoms with Crippen molar-refractivity contribution >= 4 is 23.1 Å². The minimum Gasteiger partial charge on any atom is -0.452 e. The highest BCUT2D eigenvalue weighted by Crippen LogP contribution is 2.24. The zero-order valence-electron chi connectivity index (χ0n) is 14.1. The Morgan fingerprint density at radius 3 is 2.67 bits per heavy atom. The molecule has 0 N–H and O–H groups in total. The summed E-state index contributed by atoms with van der Waals surface area (Å²) in [7, 11) is 0. The smallest absolute Gasteiger partial charge is 0.374 e. The molecule has 0 aliphatic carbocycles. The average molecular weight is 384 g/mol. The summed E-state index contributed by atoms with van der Waals surface area (Å²) in [5.74, 6) is -2.59. The highest BCUT2D eigenvalue weighted by Gasteiger charge is 2.25. The maximum Gasteiger partial charge on any atom is 0.374 e. The first-order valence-electron chi connectivity index (χ1n) is 7.85. The number of ether oxygens (including phenoxy) is 1. The number of benzene rings is 1. The molecule has 1 atom stereocenters. The second-order valence-corrected chi connectivity index (χ2v) is 6.49. The van der Waals surface area contributed by atoms with Crippen molar-refractivity contribution in [3.8, 4) is 17.4 Å². The van der Waals surface area contributed by atoms with Gasteiger partial charge in [-0.25, -0.2) is 14.2 Å². The van der Waals surface area contributed by atoms with E-state index in [1.165, 1.54) is 41.7 Å². The number of aromatic nitrogens is 1. The van der Waals surface area contributed by atoms with Gasteiger partial charge in [0.15, 0.2) is 18.3 Å². The highest BCUT2D eigenvalue weighted by molar-refractivity contribution is 7.09. The molecule has 2 heterocycles. The molecule has 0 saturated carbocycles. The largest absolute Gasteiger partial charge is 0.452 e. The summed E-state index contributed by atoms with van der Waals surface area (Å²) in [5.41, 5.74) is 1.30. The number of ketones is 1. The molecule has 0 unspecified atom stereocenters. The number of rotatable bonds is 6. The zero-order valence-corrected chi connectivity index (χ0v) is 15.0. The van der Waals surface area contributed by atoms with Crippen molar-refractivity contribution in [2.45, 2.75) is 12.8 Å². The Labute approximate surface area is 157 Å². The molecule has 0 fully saturated rings. The van der Waals surface area contributed by atoms with Crippen LogP contribution in [0, 0.1) is 24.1 Å². The lowest BCUT2D eigenvalue weighted by atomic mass is 10.1. The third-order valence-electron chi connectivity index (χ3n) is 3.62. The number of hydrogen-bond donors (Lipinski definition) is 0. The van der Waals surface area contributed by atoms with E-state index in [2.05, 4.69) is 4.98 Å². The Kier molecular flexibility index (Phi) is 5.43. The van der Waals surface area contributed by atoms with Crippen LogP contribution < -0.4 is 0 Å². The summed E-state index contributed by atoms with van der Waals surface area (Å²) in [6.45, 7) is 1.19. The lowest BCUT2D eigenvalue weighted by molar-refractivity contribution is -0.122. The Morgan fingerprint density at radius 1 is 1.30 bits per heavy atom. The Balaban J connectivity index is 1.63. The summed E-state index contributed by atoms with van der Waals surface area (Å²) in [6.07, 6.45) is 0. The fourth-order valence-corrected chi connectivity index (χ4v) is 3.14. The molecular formula is C19H13FN2O4S. The van der Waals surface area contributed by atoms with Crippen molar-refractivity contribution in [1.29, 1.82) is 5.26 Å². The molecule has 3 rings (SSSR count). The minimum absolute atomic E-state index is 0.0966. The van der Waals surface area contributed by atoms with Crippen molar-refractivity contribution < 1.29 is 23.1 Å². The molecule has 0 saturated heterocycles. The van der Waals surface area contributed by atoms with E-state index in [1.54, 1.807) is 18.4 Å². The van der Waals surface area contributed by atoms with Crippen LogP contribution in [-0.4, -0.2) is 23.3 Å². The van der Waals surface area contributed by atoms with E-state index in [4.69, 9.17) is 9.15 Å². The van der Waals surface area contributed by atoms with Gasteiger partial charge < -0.3 is 9.15 Å². The Bertz CT molecular complexity index is 1020. The molecule has 2 aromatic heterocycles. The van der Waals surface area contributed by atoms with Gasteiger partial charge in [0.05, 0.1) is 6.07 Å². The molecule has 8 heteroatoms. The quantitative estimate of drug-likeness (QED) is 0.599. The molecule has 1 aromatic carbocycles. The van der Waals surface area contributed by atoms with Gasteiger partial charge >= 0.3 is 5.97 Å². The van der Waals surface area contributed by atoms with Gasteiger partial charge in [0, 0.05) is 16.6 Å². The highest BCUT2D eigenvalue weighted by atomic mass is 32.1. The van der Waals surface area contributed by atoms with Gasteiger partial charge in [0.2, 0.25) is 5.76 Å². The van der Waals surface area contributed by atoms with Gasteiger partial charge in [0.1, 0.15) is 16.6 Å². The van der Waals surface area contributed by atoms with Gasteiger partial charge in [-0.3, -0.25) is 4.79 Å². The van der Waals surface area contributed by atoms with Gasteiger partial charge in [-0.1, -0.05) is 0 Å². The minimum atomic E-state index is -1.08. The van der Waals surface area contributed by atoms with Gasteiger partial charge in [0.25, 0.3) is 0 Å². The first-order valence-corrected chi connectivity index (χ1v) is 8.73. The second kappa shape index (κ2) is 7.93. The maximum absolute atomic E-state index is 13.0. The first kappa shape index (κ1) is 18.5. The molecule has 0 aliphatic rings. The molecule has 0 spiro atoms. The van der Waals surface area contributed by atoms with Crippen LogP contribution in [-0.2, 0) is 9.53 Å².